The highest BCUT2D eigenvalue weighted by molar-refractivity contribution is 7.60. The molecule has 3 aromatic rings. The smallest absolute Gasteiger partial charge is 0.00237 e. The van der Waals surface area contributed by atoms with Crippen molar-refractivity contribution in [3.8, 4) is 0 Å². The van der Waals surface area contributed by atoms with Crippen LogP contribution in [0.4, 0.5) is 0 Å². The fourth-order valence-electron chi connectivity index (χ4n) is 2.34. The average Bonchev–Trinajstić information content (AvgIpc) is 2.63. The van der Waals surface area contributed by atoms with Crippen LogP contribution in [0.2, 0.25) is 0 Å². The van der Waals surface area contributed by atoms with Gasteiger partial charge in [-0.25, -0.2) is 0 Å². The summed E-state index contributed by atoms with van der Waals surface area (Å²) in [4.78, 5) is 0. The second-order valence-electron chi connectivity index (χ2n) is 3.78. The second-order valence-corrected chi connectivity index (χ2v) is 6.23. The SMILES string of the molecule is CCp1c2ccccc2c2ccccc21. The van der Waals surface area contributed by atoms with Gasteiger partial charge in [-0.1, -0.05) is 55.5 Å². The highest BCUT2D eigenvalue weighted by Crippen LogP contribution is 2.49. The van der Waals surface area contributed by atoms with Crippen LogP contribution in [0.5, 0.6) is 0 Å². The minimum absolute atomic E-state index is 0.0746. The molecule has 1 heterocycles. The largest absolute Gasteiger partial charge is 0.109 e. The third-order valence-electron chi connectivity index (χ3n) is 3.00. The number of hydrogen-bond acceptors (Lipinski definition) is 0. The van der Waals surface area contributed by atoms with Crippen LogP contribution in [0.25, 0.3) is 21.0 Å². The van der Waals surface area contributed by atoms with Gasteiger partial charge in [0.25, 0.3) is 0 Å². The highest BCUT2D eigenvalue weighted by Gasteiger charge is 2.07. The van der Waals surface area contributed by atoms with Gasteiger partial charge in [0.2, 0.25) is 0 Å². The molecule has 0 aliphatic rings. The maximum Gasteiger partial charge on any atom is 0.00237 e. The Labute approximate surface area is 90.6 Å². The first-order chi connectivity index (χ1) is 7.42. The maximum absolute atomic E-state index is 2.30. The minimum Gasteiger partial charge on any atom is -0.109 e. The molecule has 2 aromatic carbocycles. The van der Waals surface area contributed by atoms with E-state index in [-0.39, 0.29) is 7.53 Å². The van der Waals surface area contributed by atoms with E-state index < -0.39 is 0 Å². The van der Waals surface area contributed by atoms with E-state index in [9.17, 15) is 0 Å². The van der Waals surface area contributed by atoms with Gasteiger partial charge in [0, 0.05) is 10.2 Å². The third kappa shape index (κ3) is 1.22. The van der Waals surface area contributed by atoms with Crippen LogP contribution < -0.4 is 0 Å². The van der Waals surface area contributed by atoms with Gasteiger partial charge >= 0.3 is 0 Å². The van der Waals surface area contributed by atoms with Gasteiger partial charge in [-0.3, -0.25) is 0 Å². The lowest BCUT2D eigenvalue weighted by Crippen LogP contribution is -1.62. The van der Waals surface area contributed by atoms with E-state index in [0.29, 0.717) is 0 Å². The number of aryl methyl sites for hydroxylation is 1. The van der Waals surface area contributed by atoms with Crippen LogP contribution in [0.1, 0.15) is 6.92 Å². The summed E-state index contributed by atoms with van der Waals surface area (Å²) in [5, 5.41) is 6.05. The summed E-state index contributed by atoms with van der Waals surface area (Å²) in [5.74, 6) is 0. The molecule has 0 nitrogen and oxygen atoms in total. The maximum atomic E-state index is 2.30. The summed E-state index contributed by atoms with van der Waals surface area (Å²) in [7, 11) is -0.0746. The standard InChI is InChI=1S/C14H13P/c1-2-15-13-9-5-3-7-11(13)12-8-4-6-10-14(12)15/h3-10H,2H2,1H3. The van der Waals surface area contributed by atoms with Crippen LogP contribution in [-0.2, 0) is 6.16 Å². The van der Waals surface area contributed by atoms with Gasteiger partial charge in [0.1, 0.15) is 0 Å². The Balaban J connectivity index is 2.62. The van der Waals surface area contributed by atoms with Gasteiger partial charge in [-0.2, -0.15) is 0 Å². The molecule has 0 atom stereocenters. The lowest BCUT2D eigenvalue weighted by atomic mass is 10.2. The Kier molecular flexibility index (Phi) is 2.04. The number of benzene rings is 2. The third-order valence-corrected chi connectivity index (χ3v) is 5.57. The zero-order valence-electron chi connectivity index (χ0n) is 8.77. The van der Waals surface area contributed by atoms with E-state index in [1.165, 1.54) is 16.9 Å². The summed E-state index contributed by atoms with van der Waals surface area (Å²) in [5.41, 5.74) is 0. The molecule has 0 fully saturated rings. The Bertz CT molecular complexity index is 566. The van der Waals surface area contributed by atoms with Crippen molar-refractivity contribution < 1.29 is 0 Å². The summed E-state index contributed by atoms with van der Waals surface area (Å²) >= 11 is 0. The Morgan fingerprint density at radius 3 is 1.73 bits per heavy atom. The second kappa shape index (κ2) is 3.40. The van der Waals surface area contributed by atoms with Crippen LogP contribution in [-0.4, -0.2) is 0 Å². The van der Waals surface area contributed by atoms with Gasteiger partial charge in [0.15, 0.2) is 0 Å². The number of fused-ring (bicyclic) bond motifs is 3. The van der Waals surface area contributed by atoms with E-state index in [4.69, 9.17) is 0 Å². The van der Waals surface area contributed by atoms with Crippen molar-refractivity contribution in [2.24, 2.45) is 0 Å². The van der Waals surface area contributed by atoms with Crippen LogP contribution >= 0.6 is 7.53 Å². The minimum atomic E-state index is -0.0746. The first-order valence-corrected chi connectivity index (χ1v) is 6.90. The molecule has 0 saturated carbocycles. The summed E-state index contributed by atoms with van der Waals surface area (Å²) in [6.07, 6.45) is 1.25. The quantitative estimate of drug-likeness (QED) is 0.532. The predicted molar refractivity (Wildman–Crippen MR) is 69.8 cm³/mol. The summed E-state index contributed by atoms with van der Waals surface area (Å²) in [6, 6.07) is 17.7. The lowest BCUT2D eigenvalue weighted by molar-refractivity contribution is 1.39. The van der Waals surface area contributed by atoms with Gasteiger partial charge in [0.05, 0.1) is 0 Å². The molecule has 1 heteroatoms. The topological polar surface area (TPSA) is 0 Å². The number of hydrogen-bond donors (Lipinski definition) is 0. The molecule has 74 valence electrons. The molecule has 0 saturated heterocycles. The van der Waals surface area contributed by atoms with E-state index in [1.54, 1.807) is 10.2 Å². The number of rotatable bonds is 1. The molecule has 3 rings (SSSR count). The van der Waals surface area contributed by atoms with Crippen molar-refractivity contribution in [3.05, 3.63) is 48.5 Å². The van der Waals surface area contributed by atoms with Crippen molar-refractivity contribution in [2.45, 2.75) is 13.1 Å². The Morgan fingerprint density at radius 1 is 0.800 bits per heavy atom. The lowest BCUT2D eigenvalue weighted by Gasteiger charge is -1.96. The fraction of sp³-hybridized carbons (Fsp3) is 0.143. The molecule has 1 aromatic heterocycles. The average molecular weight is 212 g/mol. The fourth-order valence-corrected chi connectivity index (χ4v) is 4.79. The van der Waals surface area contributed by atoms with Crippen LogP contribution in [0.15, 0.2) is 48.5 Å². The van der Waals surface area contributed by atoms with Gasteiger partial charge in [-0.15, -0.1) is 7.53 Å². The predicted octanol–water partition coefficient (Wildman–Crippen LogP) is 5.00. The normalized spacial score (nSPS) is 11.3. The molecule has 15 heavy (non-hydrogen) atoms. The Hall–Kier alpha value is -1.26. The summed E-state index contributed by atoms with van der Waals surface area (Å²) in [6.45, 7) is 2.30. The molecule has 0 aliphatic carbocycles. The van der Waals surface area contributed by atoms with Crippen molar-refractivity contribution in [1.82, 2.24) is 0 Å². The molecular weight excluding hydrogens is 199 g/mol. The molecule has 0 amide bonds. The van der Waals surface area contributed by atoms with Gasteiger partial charge < -0.3 is 0 Å². The van der Waals surface area contributed by atoms with Crippen molar-refractivity contribution in [2.75, 3.05) is 0 Å². The molecular formula is C14H13P. The van der Waals surface area contributed by atoms with E-state index in [1.807, 2.05) is 0 Å². The molecule has 0 N–H and O–H groups in total. The first-order valence-electron chi connectivity index (χ1n) is 5.38. The Morgan fingerprint density at radius 2 is 1.27 bits per heavy atom. The van der Waals surface area contributed by atoms with Crippen molar-refractivity contribution in [3.63, 3.8) is 0 Å². The molecule has 0 radical (unpaired) electrons. The summed E-state index contributed by atoms with van der Waals surface area (Å²) < 4.78 is 0. The van der Waals surface area contributed by atoms with Crippen LogP contribution in [0.3, 0.4) is 0 Å². The first kappa shape index (κ1) is 9.00. The molecule has 0 unspecified atom stereocenters. The van der Waals surface area contributed by atoms with E-state index in [0.717, 1.165) is 0 Å². The zero-order chi connectivity index (χ0) is 10.3. The molecule has 0 spiro atoms. The monoisotopic (exact) mass is 212 g/mol. The zero-order valence-corrected chi connectivity index (χ0v) is 9.67. The molecule has 0 bridgehead atoms. The highest BCUT2D eigenvalue weighted by atomic mass is 31.1. The van der Waals surface area contributed by atoms with Crippen molar-refractivity contribution in [1.29, 1.82) is 0 Å². The van der Waals surface area contributed by atoms with Gasteiger partial charge in [-0.05, 0) is 16.9 Å². The molecule has 0 aliphatic heterocycles. The van der Waals surface area contributed by atoms with E-state index in [2.05, 4.69) is 55.5 Å². The van der Waals surface area contributed by atoms with E-state index >= 15 is 0 Å². The van der Waals surface area contributed by atoms with Crippen LogP contribution in [0, 0.1) is 0 Å². The van der Waals surface area contributed by atoms with Crippen molar-refractivity contribution >= 4 is 28.5 Å².